The molecule has 1 aliphatic carbocycles. The highest BCUT2D eigenvalue weighted by molar-refractivity contribution is 7.17. The molecule has 0 saturated heterocycles. The van der Waals surface area contributed by atoms with Gasteiger partial charge < -0.3 is 16.0 Å². The number of anilines is 2. The van der Waals surface area contributed by atoms with Crippen molar-refractivity contribution in [3.8, 4) is 0 Å². The number of hydrogen-bond donors (Lipinski definition) is 3. The topological polar surface area (TPSA) is 83.1 Å². The van der Waals surface area contributed by atoms with E-state index in [4.69, 9.17) is 0 Å². The van der Waals surface area contributed by atoms with E-state index < -0.39 is 0 Å². The first-order valence-corrected chi connectivity index (χ1v) is 9.81. The zero-order chi connectivity index (χ0) is 18.5. The van der Waals surface area contributed by atoms with Crippen molar-refractivity contribution in [2.75, 3.05) is 17.2 Å². The Hall–Kier alpha value is -2.41. The van der Waals surface area contributed by atoms with Crippen LogP contribution in [-0.2, 0) is 0 Å². The summed E-state index contributed by atoms with van der Waals surface area (Å²) in [4.78, 5) is 29.5. The van der Waals surface area contributed by atoms with Crippen LogP contribution in [0.5, 0.6) is 0 Å². The van der Waals surface area contributed by atoms with Gasteiger partial charge in [-0.3, -0.25) is 9.59 Å². The van der Waals surface area contributed by atoms with Crippen LogP contribution in [0.3, 0.4) is 0 Å². The molecule has 1 aliphatic rings. The normalized spacial score (nSPS) is 13.3. The molecule has 138 valence electrons. The number of nitrogens with one attached hydrogen (secondary N) is 3. The van der Waals surface area contributed by atoms with E-state index in [1.54, 1.807) is 18.3 Å². The van der Waals surface area contributed by atoms with E-state index in [2.05, 4.69) is 27.9 Å². The molecule has 1 aromatic carbocycles. The summed E-state index contributed by atoms with van der Waals surface area (Å²) >= 11 is 1.33. The number of amides is 2. The molecule has 6 nitrogen and oxygen atoms in total. The largest absolute Gasteiger partial charge is 0.362 e. The summed E-state index contributed by atoms with van der Waals surface area (Å²) in [7, 11) is 0. The minimum absolute atomic E-state index is 0.0943. The number of rotatable bonds is 8. The van der Waals surface area contributed by atoms with Crippen molar-refractivity contribution in [2.24, 2.45) is 0 Å². The lowest BCUT2D eigenvalue weighted by Crippen LogP contribution is -2.25. The molecule has 1 fully saturated rings. The molecular weight excluding hydrogens is 348 g/mol. The van der Waals surface area contributed by atoms with Gasteiger partial charge in [0.25, 0.3) is 11.8 Å². The van der Waals surface area contributed by atoms with Crippen molar-refractivity contribution in [3.63, 3.8) is 0 Å². The SMILES string of the molecule is CCCCNc1ncc(C(=O)Nc2cc(C(=O)NC3CC3)ccc2C)s1. The average molecular weight is 372 g/mol. The van der Waals surface area contributed by atoms with E-state index in [1.807, 2.05) is 13.0 Å². The number of nitrogens with zero attached hydrogens (tertiary/aromatic N) is 1. The Morgan fingerprint density at radius 1 is 1.27 bits per heavy atom. The summed E-state index contributed by atoms with van der Waals surface area (Å²) in [5.41, 5.74) is 2.11. The molecule has 2 amide bonds. The number of aromatic nitrogens is 1. The molecule has 1 aromatic heterocycles. The van der Waals surface area contributed by atoms with Crippen LogP contribution < -0.4 is 16.0 Å². The molecule has 3 N–H and O–H groups in total. The van der Waals surface area contributed by atoms with Crippen LogP contribution in [-0.4, -0.2) is 29.4 Å². The van der Waals surface area contributed by atoms with Crippen LogP contribution in [0, 0.1) is 6.92 Å². The molecule has 0 unspecified atom stereocenters. The Morgan fingerprint density at radius 3 is 2.81 bits per heavy atom. The Labute approximate surface area is 157 Å². The number of carbonyl (C=O) groups is 2. The molecule has 0 radical (unpaired) electrons. The Bertz CT molecular complexity index is 799. The lowest BCUT2D eigenvalue weighted by molar-refractivity contribution is 0.0949. The van der Waals surface area contributed by atoms with Crippen LogP contribution in [0.2, 0.25) is 0 Å². The van der Waals surface area contributed by atoms with Gasteiger partial charge in [-0.05, 0) is 43.9 Å². The maximum absolute atomic E-state index is 12.5. The fraction of sp³-hybridized carbons (Fsp3) is 0.421. The van der Waals surface area contributed by atoms with Gasteiger partial charge in [-0.25, -0.2) is 4.98 Å². The summed E-state index contributed by atoms with van der Waals surface area (Å²) in [6, 6.07) is 5.66. The number of carbonyl (C=O) groups excluding carboxylic acids is 2. The molecular formula is C19H24N4O2S. The van der Waals surface area contributed by atoms with Crippen LogP contribution in [0.15, 0.2) is 24.4 Å². The second-order valence-corrected chi connectivity index (χ2v) is 7.57. The van der Waals surface area contributed by atoms with Gasteiger partial charge in [0.15, 0.2) is 5.13 Å². The van der Waals surface area contributed by atoms with Crippen LogP contribution in [0.25, 0.3) is 0 Å². The van der Waals surface area contributed by atoms with Gasteiger partial charge in [0, 0.05) is 23.8 Å². The standard InChI is InChI=1S/C19H24N4O2S/c1-3-4-9-20-19-21-11-16(26-19)18(25)23-15-10-13(6-5-12(15)2)17(24)22-14-7-8-14/h5-6,10-11,14H,3-4,7-9H2,1-2H3,(H,20,21)(H,22,24)(H,23,25). The van der Waals surface area contributed by atoms with Gasteiger partial charge in [0.1, 0.15) is 4.88 Å². The minimum atomic E-state index is -0.214. The third kappa shape index (κ3) is 4.82. The minimum Gasteiger partial charge on any atom is -0.362 e. The van der Waals surface area contributed by atoms with E-state index in [1.165, 1.54) is 11.3 Å². The van der Waals surface area contributed by atoms with E-state index in [9.17, 15) is 9.59 Å². The lowest BCUT2D eigenvalue weighted by atomic mass is 10.1. The lowest BCUT2D eigenvalue weighted by Gasteiger charge is -2.10. The quantitative estimate of drug-likeness (QED) is 0.615. The molecule has 0 atom stereocenters. The van der Waals surface area contributed by atoms with E-state index in [0.29, 0.717) is 22.2 Å². The number of benzene rings is 1. The van der Waals surface area contributed by atoms with Gasteiger partial charge in [-0.1, -0.05) is 30.7 Å². The molecule has 3 rings (SSSR count). The van der Waals surface area contributed by atoms with Crippen molar-refractivity contribution in [1.29, 1.82) is 0 Å². The number of hydrogen-bond acceptors (Lipinski definition) is 5. The maximum atomic E-state index is 12.5. The molecule has 2 aromatic rings. The molecule has 0 bridgehead atoms. The van der Waals surface area contributed by atoms with Crippen LogP contribution in [0.4, 0.5) is 10.8 Å². The predicted octanol–water partition coefficient (Wildman–Crippen LogP) is 3.81. The molecule has 0 spiro atoms. The van der Waals surface area contributed by atoms with Gasteiger partial charge in [0.05, 0.1) is 6.20 Å². The van der Waals surface area contributed by atoms with Crippen LogP contribution >= 0.6 is 11.3 Å². The van der Waals surface area contributed by atoms with Crippen molar-refractivity contribution in [1.82, 2.24) is 10.3 Å². The highest BCUT2D eigenvalue weighted by Crippen LogP contribution is 2.23. The highest BCUT2D eigenvalue weighted by Gasteiger charge is 2.24. The predicted molar refractivity (Wildman–Crippen MR) is 105 cm³/mol. The first kappa shape index (κ1) is 18.4. The average Bonchev–Trinajstić information content (AvgIpc) is 3.31. The van der Waals surface area contributed by atoms with Crippen LogP contribution in [0.1, 0.15) is 58.2 Å². The first-order valence-electron chi connectivity index (χ1n) is 8.99. The summed E-state index contributed by atoms with van der Waals surface area (Å²) < 4.78 is 0. The maximum Gasteiger partial charge on any atom is 0.267 e. The van der Waals surface area contributed by atoms with E-state index in [-0.39, 0.29) is 11.8 Å². The smallest absolute Gasteiger partial charge is 0.267 e. The third-order valence-corrected chi connectivity index (χ3v) is 5.15. The van der Waals surface area contributed by atoms with Crippen molar-refractivity contribution in [3.05, 3.63) is 40.4 Å². The molecule has 26 heavy (non-hydrogen) atoms. The Balaban J connectivity index is 1.65. The van der Waals surface area contributed by atoms with E-state index in [0.717, 1.165) is 42.9 Å². The van der Waals surface area contributed by atoms with Crippen molar-refractivity contribution in [2.45, 2.75) is 45.6 Å². The number of aryl methyl sites for hydroxylation is 1. The molecule has 7 heteroatoms. The molecule has 0 aliphatic heterocycles. The second kappa shape index (κ2) is 8.31. The summed E-state index contributed by atoms with van der Waals surface area (Å²) in [5.74, 6) is -0.308. The first-order chi connectivity index (χ1) is 12.6. The Kier molecular flexibility index (Phi) is 5.88. The summed E-state index contributed by atoms with van der Waals surface area (Å²) in [5, 5.41) is 9.82. The zero-order valence-electron chi connectivity index (χ0n) is 15.1. The zero-order valence-corrected chi connectivity index (χ0v) is 15.9. The molecule has 1 saturated carbocycles. The number of unbranched alkanes of at least 4 members (excludes halogenated alkanes) is 1. The second-order valence-electron chi connectivity index (χ2n) is 6.54. The fourth-order valence-electron chi connectivity index (χ4n) is 2.41. The summed E-state index contributed by atoms with van der Waals surface area (Å²) in [6.07, 6.45) is 5.83. The third-order valence-electron chi connectivity index (χ3n) is 4.20. The fourth-order valence-corrected chi connectivity index (χ4v) is 3.15. The Morgan fingerprint density at radius 2 is 2.08 bits per heavy atom. The monoisotopic (exact) mass is 372 g/mol. The van der Waals surface area contributed by atoms with Gasteiger partial charge >= 0.3 is 0 Å². The van der Waals surface area contributed by atoms with Crippen molar-refractivity contribution < 1.29 is 9.59 Å². The summed E-state index contributed by atoms with van der Waals surface area (Å²) in [6.45, 7) is 4.88. The number of thiazole rings is 1. The van der Waals surface area contributed by atoms with Crippen molar-refractivity contribution >= 4 is 34.0 Å². The van der Waals surface area contributed by atoms with Gasteiger partial charge in [0.2, 0.25) is 0 Å². The van der Waals surface area contributed by atoms with E-state index >= 15 is 0 Å². The molecule has 1 heterocycles. The highest BCUT2D eigenvalue weighted by atomic mass is 32.1. The van der Waals surface area contributed by atoms with Gasteiger partial charge in [-0.2, -0.15) is 0 Å². The van der Waals surface area contributed by atoms with Gasteiger partial charge in [-0.15, -0.1) is 0 Å².